The van der Waals surface area contributed by atoms with Crippen LogP contribution in [0, 0.1) is 0 Å². The highest BCUT2D eigenvalue weighted by Gasteiger charge is 2.05. The zero-order chi connectivity index (χ0) is 11.8. The van der Waals surface area contributed by atoms with Gasteiger partial charge in [-0.05, 0) is 11.1 Å². The highest BCUT2D eigenvalue weighted by Crippen LogP contribution is 2.22. The van der Waals surface area contributed by atoms with E-state index in [9.17, 15) is 0 Å². The molecule has 0 unspecified atom stereocenters. The van der Waals surface area contributed by atoms with E-state index in [1.807, 2.05) is 0 Å². The van der Waals surface area contributed by atoms with Crippen molar-refractivity contribution in [2.45, 2.75) is 12.8 Å². The van der Waals surface area contributed by atoms with E-state index in [1.165, 1.54) is 11.1 Å². The minimum Gasteiger partial charge on any atom is -0.727 e. The lowest BCUT2D eigenvalue weighted by Crippen LogP contribution is -1.94. The predicted octanol–water partition coefficient (Wildman–Crippen LogP) is 2.66. The molecule has 2 rings (SSSR count). The van der Waals surface area contributed by atoms with Gasteiger partial charge in [0, 0.05) is 5.92 Å². The molecule has 1 N–H and O–H groups in total. The van der Waals surface area contributed by atoms with E-state index in [1.54, 1.807) is 0 Å². The van der Waals surface area contributed by atoms with Crippen LogP contribution in [0.5, 0.6) is 0 Å². The molecule has 0 aliphatic carbocycles. The Morgan fingerprint density at radius 1 is 0.750 bits per heavy atom. The Kier molecular flexibility index (Phi) is 5.26. The zero-order valence-corrected chi connectivity index (χ0v) is 9.21. The average molecular weight is 215 g/mol. The van der Waals surface area contributed by atoms with Gasteiger partial charge in [0.1, 0.15) is 0 Å². The van der Waals surface area contributed by atoms with Crippen LogP contribution in [-0.2, 0) is 0 Å². The molecule has 0 bridgehead atoms. The van der Waals surface area contributed by atoms with Gasteiger partial charge in [-0.3, -0.25) is 0 Å². The van der Waals surface area contributed by atoms with Crippen LogP contribution in [0.15, 0.2) is 60.7 Å². The third-order valence-corrected chi connectivity index (χ3v) is 2.60. The van der Waals surface area contributed by atoms with Crippen molar-refractivity contribution in [2.75, 3.05) is 0 Å². The Morgan fingerprint density at radius 2 is 1.06 bits per heavy atom. The summed E-state index contributed by atoms with van der Waals surface area (Å²) in [4.78, 5) is 0. The maximum absolute atomic E-state index is 7.25. The largest absolute Gasteiger partial charge is 0.727 e. The highest BCUT2D eigenvalue weighted by atomic mass is 17.0. The standard InChI is InChI=1S/C14H14.H2O2/c1-12(13-8-4-2-5-9-13)14-10-6-3-7-11-14;1-2/h2-12H,1H3;1-2H/p-1. The smallest absolute Gasteiger partial charge is 0.00610 e. The third-order valence-electron chi connectivity index (χ3n) is 2.60. The molecule has 2 aromatic rings. The quantitative estimate of drug-likeness (QED) is 0.618. The van der Waals surface area contributed by atoms with Gasteiger partial charge in [0.15, 0.2) is 0 Å². The van der Waals surface area contributed by atoms with E-state index in [0.717, 1.165) is 0 Å². The van der Waals surface area contributed by atoms with Crippen molar-refractivity contribution in [1.29, 1.82) is 0 Å². The molecular weight excluding hydrogens is 200 g/mol. The first kappa shape index (κ1) is 12.4. The normalized spacial score (nSPS) is 9.50. The molecule has 0 fully saturated rings. The van der Waals surface area contributed by atoms with Crippen LogP contribution in [0.4, 0.5) is 0 Å². The highest BCUT2D eigenvalue weighted by molar-refractivity contribution is 5.31. The van der Waals surface area contributed by atoms with E-state index < -0.39 is 0 Å². The maximum atomic E-state index is 7.25. The van der Waals surface area contributed by atoms with Gasteiger partial charge in [-0.1, -0.05) is 67.6 Å². The summed E-state index contributed by atoms with van der Waals surface area (Å²) >= 11 is 0. The minimum absolute atomic E-state index is 0.484. The molecule has 0 heterocycles. The molecule has 0 atom stereocenters. The van der Waals surface area contributed by atoms with Gasteiger partial charge in [0.25, 0.3) is 0 Å². The van der Waals surface area contributed by atoms with Crippen molar-refractivity contribution >= 4 is 0 Å². The molecule has 0 saturated carbocycles. The van der Waals surface area contributed by atoms with Crippen molar-refractivity contribution < 1.29 is 10.5 Å². The molecule has 0 amide bonds. The molecule has 0 aliphatic heterocycles. The van der Waals surface area contributed by atoms with E-state index in [2.05, 4.69) is 67.6 Å². The van der Waals surface area contributed by atoms with Crippen LogP contribution in [0.25, 0.3) is 0 Å². The minimum atomic E-state index is 0.484. The number of rotatable bonds is 2. The topological polar surface area (TPSA) is 43.3 Å². The Hall–Kier alpha value is -1.64. The Labute approximate surface area is 95.7 Å². The molecule has 0 aromatic heterocycles. The summed E-state index contributed by atoms with van der Waals surface area (Å²) in [5.41, 5.74) is 2.75. The lowest BCUT2D eigenvalue weighted by molar-refractivity contribution is -0.670. The Morgan fingerprint density at radius 3 is 1.38 bits per heavy atom. The van der Waals surface area contributed by atoms with Crippen molar-refractivity contribution in [2.24, 2.45) is 0 Å². The monoisotopic (exact) mass is 215 g/mol. The fourth-order valence-electron chi connectivity index (χ4n) is 1.68. The first-order valence-corrected chi connectivity index (χ1v) is 5.16. The van der Waals surface area contributed by atoms with Crippen LogP contribution in [-0.4, -0.2) is 5.26 Å². The first-order chi connectivity index (χ1) is 7.88. The molecule has 0 aliphatic rings. The summed E-state index contributed by atoms with van der Waals surface area (Å²) in [6.07, 6.45) is 0. The second kappa shape index (κ2) is 6.77. The van der Waals surface area contributed by atoms with E-state index in [0.29, 0.717) is 5.92 Å². The van der Waals surface area contributed by atoms with E-state index in [4.69, 9.17) is 10.5 Å². The zero-order valence-electron chi connectivity index (χ0n) is 9.21. The van der Waals surface area contributed by atoms with Crippen molar-refractivity contribution in [3.63, 3.8) is 0 Å². The fraction of sp³-hybridized carbons (Fsp3) is 0.143. The maximum Gasteiger partial charge on any atom is 0.00610 e. The summed E-state index contributed by atoms with van der Waals surface area (Å²) < 4.78 is 0. The Balaban J connectivity index is 0.000000606. The van der Waals surface area contributed by atoms with Crippen LogP contribution in [0.3, 0.4) is 0 Å². The van der Waals surface area contributed by atoms with E-state index >= 15 is 0 Å². The molecule has 2 nitrogen and oxygen atoms in total. The SMILES string of the molecule is CC(c1ccccc1)c1ccccc1.[O-]O. The summed E-state index contributed by atoms with van der Waals surface area (Å²) in [5, 5.41) is 13.0. The second-order valence-electron chi connectivity index (χ2n) is 3.54. The van der Waals surface area contributed by atoms with Gasteiger partial charge < -0.3 is 10.5 Å². The van der Waals surface area contributed by atoms with E-state index in [-0.39, 0.29) is 0 Å². The van der Waals surface area contributed by atoms with Gasteiger partial charge in [-0.2, -0.15) is 0 Å². The van der Waals surface area contributed by atoms with Crippen molar-refractivity contribution in [3.8, 4) is 0 Å². The number of hydrogen-bond donors (Lipinski definition) is 1. The van der Waals surface area contributed by atoms with Gasteiger partial charge in [0.05, 0.1) is 0 Å². The predicted molar refractivity (Wildman–Crippen MR) is 63.0 cm³/mol. The Bertz CT molecular complexity index is 344. The molecule has 2 heteroatoms. The van der Waals surface area contributed by atoms with Gasteiger partial charge in [-0.25, -0.2) is 0 Å². The van der Waals surface area contributed by atoms with Gasteiger partial charge in [0.2, 0.25) is 0 Å². The van der Waals surface area contributed by atoms with Crippen LogP contribution >= 0.6 is 0 Å². The third kappa shape index (κ3) is 3.19. The lowest BCUT2D eigenvalue weighted by Gasteiger charge is -2.11. The summed E-state index contributed by atoms with van der Waals surface area (Å²) in [6.45, 7) is 2.24. The summed E-state index contributed by atoms with van der Waals surface area (Å²) in [7, 11) is 0. The van der Waals surface area contributed by atoms with Crippen LogP contribution in [0.2, 0.25) is 0 Å². The van der Waals surface area contributed by atoms with Crippen molar-refractivity contribution in [3.05, 3.63) is 71.8 Å². The van der Waals surface area contributed by atoms with Gasteiger partial charge in [-0.15, -0.1) is 0 Å². The van der Waals surface area contributed by atoms with Crippen LogP contribution < -0.4 is 5.26 Å². The second-order valence-corrected chi connectivity index (χ2v) is 3.54. The molecular formula is C14H15O2-. The molecule has 0 radical (unpaired) electrons. The number of benzene rings is 2. The molecule has 2 aromatic carbocycles. The molecule has 0 spiro atoms. The van der Waals surface area contributed by atoms with Gasteiger partial charge >= 0.3 is 0 Å². The molecule has 0 saturated heterocycles. The molecule has 16 heavy (non-hydrogen) atoms. The molecule has 84 valence electrons. The lowest BCUT2D eigenvalue weighted by atomic mass is 9.93. The first-order valence-electron chi connectivity index (χ1n) is 5.16. The van der Waals surface area contributed by atoms with Crippen molar-refractivity contribution in [1.82, 2.24) is 0 Å². The summed E-state index contributed by atoms with van der Waals surface area (Å²) in [5.74, 6) is 0.484. The fourth-order valence-corrected chi connectivity index (χ4v) is 1.68. The summed E-state index contributed by atoms with van der Waals surface area (Å²) in [6, 6.07) is 21.2. The average Bonchev–Trinajstić information content (AvgIpc) is 2.42. The number of hydrogen-bond acceptors (Lipinski definition) is 2. The van der Waals surface area contributed by atoms with Crippen LogP contribution in [0.1, 0.15) is 24.0 Å².